The Kier molecular flexibility index (Phi) is 6.49. The molecule has 2 N–H and O–H groups in total. The molecule has 1 aromatic carbocycles. The highest BCUT2D eigenvalue weighted by molar-refractivity contribution is 6.30. The summed E-state index contributed by atoms with van der Waals surface area (Å²) in [6.45, 7) is 4.69. The van der Waals surface area contributed by atoms with Crippen LogP contribution < -0.4 is 5.73 Å². The molecule has 0 heterocycles. The number of nitrogens with zero attached hydrogens (tertiary/aromatic N) is 1. The zero-order valence-electron chi connectivity index (χ0n) is 13.1. The average molecular weight is 311 g/mol. The van der Waals surface area contributed by atoms with Crippen LogP contribution >= 0.6 is 11.6 Å². The topological polar surface area (TPSA) is 38.5 Å². The molecular formula is C17H27ClN2O. The molecule has 21 heavy (non-hydrogen) atoms. The summed E-state index contributed by atoms with van der Waals surface area (Å²) < 4.78 is 5.74. The van der Waals surface area contributed by atoms with Crippen LogP contribution in [-0.2, 0) is 4.74 Å². The molecule has 2 unspecified atom stereocenters. The first-order valence-electron chi connectivity index (χ1n) is 7.90. The molecule has 1 aliphatic rings. The van der Waals surface area contributed by atoms with Gasteiger partial charge in [0.1, 0.15) is 0 Å². The van der Waals surface area contributed by atoms with Gasteiger partial charge in [-0.1, -0.05) is 30.7 Å². The van der Waals surface area contributed by atoms with Gasteiger partial charge in [0.25, 0.3) is 0 Å². The number of benzene rings is 1. The van der Waals surface area contributed by atoms with Crippen molar-refractivity contribution in [3.05, 3.63) is 34.9 Å². The molecule has 1 aromatic rings. The van der Waals surface area contributed by atoms with E-state index in [1.54, 1.807) is 0 Å². The van der Waals surface area contributed by atoms with Gasteiger partial charge in [0.05, 0.1) is 6.61 Å². The van der Waals surface area contributed by atoms with Crippen LogP contribution in [0.4, 0.5) is 0 Å². The standard InChI is InChI=1S/C17H27ClN2O/c1-3-16(19)17(14-5-4-6-15(18)11-14)20(2)9-10-21-12-13-7-8-13/h4-6,11,13,16-17H,3,7-10,12,19H2,1-2H3. The fourth-order valence-electron chi connectivity index (χ4n) is 2.62. The van der Waals surface area contributed by atoms with Crippen molar-refractivity contribution in [3.8, 4) is 0 Å². The van der Waals surface area contributed by atoms with Crippen LogP contribution in [0.5, 0.6) is 0 Å². The van der Waals surface area contributed by atoms with Crippen molar-refractivity contribution in [1.82, 2.24) is 4.90 Å². The number of hydrogen-bond acceptors (Lipinski definition) is 3. The smallest absolute Gasteiger partial charge is 0.0593 e. The number of halogens is 1. The molecule has 2 atom stereocenters. The summed E-state index contributed by atoms with van der Waals surface area (Å²) in [6.07, 6.45) is 3.60. The molecule has 0 bridgehead atoms. The van der Waals surface area contributed by atoms with Gasteiger partial charge in [-0.3, -0.25) is 4.90 Å². The van der Waals surface area contributed by atoms with Crippen molar-refractivity contribution in [2.45, 2.75) is 38.3 Å². The molecule has 3 nitrogen and oxygen atoms in total. The first-order chi connectivity index (χ1) is 10.1. The van der Waals surface area contributed by atoms with E-state index in [4.69, 9.17) is 22.1 Å². The van der Waals surface area contributed by atoms with E-state index in [0.717, 1.165) is 37.1 Å². The number of rotatable bonds is 9. The molecule has 2 rings (SSSR count). The summed E-state index contributed by atoms with van der Waals surface area (Å²) in [7, 11) is 2.11. The molecule has 0 saturated heterocycles. The Morgan fingerprint density at radius 3 is 2.81 bits per heavy atom. The monoisotopic (exact) mass is 310 g/mol. The van der Waals surface area contributed by atoms with E-state index < -0.39 is 0 Å². The van der Waals surface area contributed by atoms with E-state index in [1.807, 2.05) is 18.2 Å². The van der Waals surface area contributed by atoms with Gasteiger partial charge in [-0.25, -0.2) is 0 Å². The van der Waals surface area contributed by atoms with Crippen LogP contribution in [0.1, 0.15) is 37.8 Å². The summed E-state index contributed by atoms with van der Waals surface area (Å²) in [5.74, 6) is 0.817. The van der Waals surface area contributed by atoms with Crippen molar-refractivity contribution < 1.29 is 4.74 Å². The minimum Gasteiger partial charge on any atom is -0.380 e. The van der Waals surface area contributed by atoms with Gasteiger partial charge in [0.2, 0.25) is 0 Å². The largest absolute Gasteiger partial charge is 0.380 e. The average Bonchev–Trinajstić information content (AvgIpc) is 3.28. The predicted octanol–water partition coefficient (Wildman–Crippen LogP) is 3.48. The lowest BCUT2D eigenvalue weighted by atomic mass is 9.97. The lowest BCUT2D eigenvalue weighted by Crippen LogP contribution is -2.40. The molecule has 118 valence electrons. The maximum Gasteiger partial charge on any atom is 0.0593 e. The molecule has 1 aliphatic carbocycles. The Bertz CT molecular complexity index is 437. The van der Waals surface area contributed by atoms with E-state index >= 15 is 0 Å². The van der Waals surface area contributed by atoms with Crippen LogP contribution in [-0.4, -0.2) is 37.7 Å². The Hall–Kier alpha value is -0.610. The molecule has 0 radical (unpaired) electrons. The van der Waals surface area contributed by atoms with Crippen molar-refractivity contribution in [2.24, 2.45) is 11.7 Å². The Labute approximate surface area is 133 Å². The highest BCUT2D eigenvalue weighted by atomic mass is 35.5. The molecule has 1 saturated carbocycles. The van der Waals surface area contributed by atoms with Crippen LogP contribution in [0, 0.1) is 5.92 Å². The molecule has 0 amide bonds. The second-order valence-corrected chi connectivity index (χ2v) is 6.51. The summed E-state index contributed by atoms with van der Waals surface area (Å²) in [6, 6.07) is 8.29. The maximum absolute atomic E-state index is 6.34. The third kappa shape index (κ3) is 5.26. The number of hydrogen-bond donors (Lipinski definition) is 1. The molecule has 4 heteroatoms. The zero-order chi connectivity index (χ0) is 15.2. The van der Waals surface area contributed by atoms with Gasteiger partial charge in [-0.05, 0) is 49.9 Å². The predicted molar refractivity (Wildman–Crippen MR) is 88.6 cm³/mol. The minimum atomic E-state index is 0.0944. The van der Waals surface area contributed by atoms with Gasteiger partial charge >= 0.3 is 0 Å². The normalized spacial score (nSPS) is 18.0. The van der Waals surface area contributed by atoms with Crippen LogP contribution in [0.2, 0.25) is 5.02 Å². The van der Waals surface area contributed by atoms with Crippen molar-refractivity contribution in [1.29, 1.82) is 0 Å². The van der Waals surface area contributed by atoms with E-state index in [2.05, 4.69) is 24.9 Å². The van der Waals surface area contributed by atoms with Crippen molar-refractivity contribution in [3.63, 3.8) is 0 Å². The molecule has 1 fully saturated rings. The highest BCUT2D eigenvalue weighted by Gasteiger charge is 2.24. The van der Waals surface area contributed by atoms with Gasteiger partial charge in [-0.2, -0.15) is 0 Å². The van der Waals surface area contributed by atoms with E-state index in [-0.39, 0.29) is 12.1 Å². The highest BCUT2D eigenvalue weighted by Crippen LogP contribution is 2.29. The van der Waals surface area contributed by atoms with Crippen LogP contribution in [0.15, 0.2) is 24.3 Å². The molecule has 0 aromatic heterocycles. The number of nitrogens with two attached hydrogens (primary N) is 1. The van der Waals surface area contributed by atoms with E-state index in [0.29, 0.717) is 0 Å². The quantitative estimate of drug-likeness (QED) is 0.710. The third-order valence-electron chi connectivity index (χ3n) is 4.18. The fraction of sp³-hybridized carbons (Fsp3) is 0.647. The summed E-state index contributed by atoms with van der Waals surface area (Å²) >= 11 is 6.13. The SMILES string of the molecule is CCC(N)C(c1cccc(Cl)c1)N(C)CCOCC1CC1. The Morgan fingerprint density at radius 2 is 2.19 bits per heavy atom. The van der Waals surface area contributed by atoms with Gasteiger partial charge in [0.15, 0.2) is 0 Å². The zero-order valence-corrected chi connectivity index (χ0v) is 13.9. The van der Waals surface area contributed by atoms with Crippen molar-refractivity contribution in [2.75, 3.05) is 26.8 Å². The first-order valence-corrected chi connectivity index (χ1v) is 8.28. The minimum absolute atomic E-state index is 0.0944. The Morgan fingerprint density at radius 1 is 1.43 bits per heavy atom. The summed E-state index contributed by atoms with van der Waals surface area (Å²) in [5.41, 5.74) is 7.52. The lowest BCUT2D eigenvalue weighted by molar-refractivity contribution is 0.0861. The number of ether oxygens (including phenoxy) is 1. The summed E-state index contributed by atoms with van der Waals surface area (Å²) in [4.78, 5) is 2.28. The number of likely N-dealkylation sites (N-methyl/N-ethyl adjacent to an activating group) is 1. The summed E-state index contributed by atoms with van der Waals surface area (Å²) in [5, 5.41) is 0.763. The van der Waals surface area contributed by atoms with Crippen LogP contribution in [0.3, 0.4) is 0 Å². The Balaban J connectivity index is 1.93. The van der Waals surface area contributed by atoms with Gasteiger partial charge in [-0.15, -0.1) is 0 Å². The third-order valence-corrected chi connectivity index (χ3v) is 4.42. The van der Waals surface area contributed by atoms with Crippen LogP contribution in [0.25, 0.3) is 0 Å². The molecule has 0 spiro atoms. The lowest BCUT2D eigenvalue weighted by Gasteiger charge is -2.32. The first kappa shape index (κ1) is 16.8. The fourth-order valence-corrected chi connectivity index (χ4v) is 2.82. The second-order valence-electron chi connectivity index (χ2n) is 6.07. The van der Waals surface area contributed by atoms with E-state index in [1.165, 1.54) is 18.4 Å². The maximum atomic E-state index is 6.34. The molecular weight excluding hydrogens is 284 g/mol. The van der Waals surface area contributed by atoms with Gasteiger partial charge in [0, 0.05) is 30.3 Å². The second kappa shape index (κ2) is 8.14. The molecule has 0 aliphatic heterocycles. The van der Waals surface area contributed by atoms with Gasteiger partial charge < -0.3 is 10.5 Å². The van der Waals surface area contributed by atoms with E-state index in [9.17, 15) is 0 Å². The van der Waals surface area contributed by atoms with Crippen molar-refractivity contribution >= 4 is 11.6 Å².